The molecule has 12 heteroatoms. The van der Waals surface area contributed by atoms with E-state index in [1.54, 1.807) is 12.4 Å². The number of aliphatic carboxylic acids is 1. The molecule has 0 atom stereocenters. The van der Waals surface area contributed by atoms with Gasteiger partial charge in [-0.2, -0.15) is 0 Å². The van der Waals surface area contributed by atoms with Crippen LogP contribution in [-0.2, 0) is 40.0 Å². The summed E-state index contributed by atoms with van der Waals surface area (Å²) >= 11 is 0. The minimum atomic E-state index is -0.749. The summed E-state index contributed by atoms with van der Waals surface area (Å²) in [6.45, 7) is 14.4. The van der Waals surface area contributed by atoms with Gasteiger partial charge in [0.25, 0.3) is 0 Å². The standard InChI is InChI=1S/C25H28N2O3.C23H24N2O3.Na.H2O/c1-4-29-24(28)15-27-16-25(17-27)12-21-9-7-19(11-22(21)13-25)5-6-20-8-10-23(26-14-20)30-18(2)3;1-16(2)28-21-8-6-18(12-24-21)4-3-17-5-7-19-10-23(11-20(19)9-17)14-25(15-23)13-22(26)27;;/h7-11,14,18H,4,12-13,15-17H2,1-3H3;5-9,12,16H,10-11,13-15H2,1-2H3,(H,26,27);;1H2/q;;+1;/p-1. The molecule has 0 radical (unpaired) electrons. The van der Waals surface area contributed by atoms with Crippen molar-refractivity contribution >= 4 is 11.9 Å². The molecular weight excluding hydrogens is 768 g/mol. The molecule has 2 aliphatic carbocycles. The molecule has 2 saturated heterocycles. The van der Waals surface area contributed by atoms with Gasteiger partial charge in [0.2, 0.25) is 11.8 Å². The van der Waals surface area contributed by atoms with Crippen molar-refractivity contribution in [3.05, 3.63) is 118 Å². The normalized spacial score (nSPS) is 16.2. The molecule has 0 saturated carbocycles. The van der Waals surface area contributed by atoms with Gasteiger partial charge in [-0.25, -0.2) is 9.97 Å². The summed E-state index contributed by atoms with van der Waals surface area (Å²) in [5.74, 6) is 13.2. The molecule has 8 rings (SSSR count). The van der Waals surface area contributed by atoms with E-state index < -0.39 is 5.97 Å². The Kier molecular flexibility index (Phi) is 15.6. The van der Waals surface area contributed by atoms with Crippen molar-refractivity contribution in [2.45, 2.75) is 72.5 Å². The quantitative estimate of drug-likeness (QED) is 0.151. The summed E-state index contributed by atoms with van der Waals surface area (Å²) in [4.78, 5) is 35.3. The number of aromatic nitrogens is 2. The number of esters is 1. The predicted molar refractivity (Wildman–Crippen MR) is 224 cm³/mol. The molecule has 4 aromatic rings. The summed E-state index contributed by atoms with van der Waals surface area (Å²) in [6, 6.07) is 20.5. The monoisotopic (exact) mass is 820 g/mol. The third-order valence-electron chi connectivity index (χ3n) is 10.8. The van der Waals surface area contributed by atoms with Crippen molar-refractivity contribution in [3.63, 3.8) is 0 Å². The fraction of sp³-hybridized carbons (Fsp3) is 0.417. The van der Waals surface area contributed by atoms with Crippen LogP contribution >= 0.6 is 0 Å². The number of carboxylic acids is 1. The van der Waals surface area contributed by atoms with Crippen LogP contribution in [0.5, 0.6) is 11.8 Å². The summed E-state index contributed by atoms with van der Waals surface area (Å²) in [6.07, 6.45) is 7.88. The van der Waals surface area contributed by atoms with Gasteiger partial charge in [0.15, 0.2) is 0 Å². The number of carboxylic acid groups (broad SMARTS) is 1. The first-order valence-electron chi connectivity index (χ1n) is 20.2. The van der Waals surface area contributed by atoms with Crippen LogP contribution in [0.3, 0.4) is 0 Å². The van der Waals surface area contributed by atoms with Crippen molar-refractivity contribution in [1.82, 2.24) is 19.8 Å². The predicted octanol–water partition coefficient (Wildman–Crippen LogP) is 2.81. The molecule has 308 valence electrons. The molecule has 11 nitrogen and oxygen atoms in total. The first-order chi connectivity index (χ1) is 27.8. The van der Waals surface area contributed by atoms with Gasteiger partial charge < -0.3 is 24.8 Å². The minimum Gasteiger partial charge on any atom is -0.870 e. The number of fused-ring (bicyclic) bond motifs is 2. The topological polar surface area (TPSA) is 144 Å². The van der Waals surface area contributed by atoms with Crippen LogP contribution in [0.1, 0.15) is 79.1 Å². The smallest absolute Gasteiger partial charge is 0.870 e. The van der Waals surface area contributed by atoms with E-state index >= 15 is 0 Å². The van der Waals surface area contributed by atoms with Crippen molar-refractivity contribution in [2.24, 2.45) is 10.8 Å². The van der Waals surface area contributed by atoms with E-state index in [1.807, 2.05) is 63.8 Å². The Morgan fingerprint density at radius 1 is 0.650 bits per heavy atom. The molecule has 2 N–H and O–H groups in total. The van der Waals surface area contributed by atoms with Gasteiger partial charge in [0.1, 0.15) is 0 Å². The first-order valence-corrected chi connectivity index (χ1v) is 20.2. The fourth-order valence-electron chi connectivity index (χ4n) is 8.70. The van der Waals surface area contributed by atoms with Gasteiger partial charge in [-0.1, -0.05) is 35.8 Å². The Balaban J connectivity index is 0.000000221. The maximum Gasteiger partial charge on any atom is 1.00 e. The Morgan fingerprint density at radius 2 is 1.05 bits per heavy atom. The maximum absolute atomic E-state index is 11.7. The van der Waals surface area contributed by atoms with E-state index in [1.165, 1.54) is 22.3 Å². The Bertz CT molecular complexity index is 2260. The van der Waals surface area contributed by atoms with Gasteiger partial charge in [0.05, 0.1) is 31.9 Å². The van der Waals surface area contributed by atoms with Crippen LogP contribution in [0.25, 0.3) is 0 Å². The molecule has 2 fully saturated rings. The zero-order chi connectivity index (χ0) is 40.9. The average Bonchev–Trinajstić information content (AvgIpc) is 3.72. The van der Waals surface area contributed by atoms with E-state index in [0.29, 0.717) is 24.9 Å². The van der Waals surface area contributed by atoms with E-state index in [0.717, 1.165) is 74.1 Å². The molecule has 60 heavy (non-hydrogen) atoms. The van der Waals surface area contributed by atoms with Crippen LogP contribution in [0, 0.1) is 34.5 Å². The van der Waals surface area contributed by atoms with E-state index in [4.69, 9.17) is 19.3 Å². The molecule has 2 aromatic carbocycles. The fourth-order valence-corrected chi connectivity index (χ4v) is 8.70. The number of carbonyl (C=O) groups excluding carboxylic acids is 1. The van der Waals surface area contributed by atoms with Crippen molar-refractivity contribution < 1.29 is 63.9 Å². The number of ether oxygens (including phenoxy) is 3. The zero-order valence-electron chi connectivity index (χ0n) is 35.6. The summed E-state index contributed by atoms with van der Waals surface area (Å²) in [7, 11) is 0. The second kappa shape index (κ2) is 20.2. The van der Waals surface area contributed by atoms with Crippen molar-refractivity contribution in [3.8, 4) is 35.4 Å². The zero-order valence-corrected chi connectivity index (χ0v) is 37.6. The Morgan fingerprint density at radius 3 is 1.43 bits per heavy atom. The molecule has 4 heterocycles. The second-order valence-corrected chi connectivity index (χ2v) is 16.8. The molecular formula is C48H53N4NaO7. The molecule has 2 spiro atoms. The SMILES string of the molecule is CC(C)Oc1ccc(C#Cc2ccc3c(c2)CC2(C3)CN(CC(=O)O)C2)cn1.CCOC(=O)CN1CC2(Cc3ccc(C#Cc4ccc(OC(C)C)nc4)cc3C2)C1.[Na+].[OH-]. The van der Waals surface area contributed by atoms with Crippen LogP contribution in [0.4, 0.5) is 0 Å². The van der Waals surface area contributed by atoms with Crippen molar-refractivity contribution in [2.75, 3.05) is 45.9 Å². The largest absolute Gasteiger partial charge is 1.00 e. The number of benzene rings is 2. The summed E-state index contributed by atoms with van der Waals surface area (Å²) in [5.41, 5.74) is 9.77. The number of likely N-dealkylation sites (tertiary alicyclic amines) is 2. The van der Waals surface area contributed by atoms with E-state index in [-0.39, 0.29) is 70.6 Å². The summed E-state index contributed by atoms with van der Waals surface area (Å²) in [5, 5.41) is 8.93. The van der Waals surface area contributed by atoms with Gasteiger partial charge in [-0.3, -0.25) is 19.4 Å². The van der Waals surface area contributed by atoms with Gasteiger partial charge >= 0.3 is 41.5 Å². The molecule has 4 aliphatic rings. The van der Waals surface area contributed by atoms with Crippen LogP contribution in [0.15, 0.2) is 73.1 Å². The van der Waals surface area contributed by atoms with Crippen LogP contribution < -0.4 is 39.0 Å². The molecule has 0 bridgehead atoms. The molecule has 0 amide bonds. The number of rotatable bonds is 9. The second-order valence-electron chi connectivity index (χ2n) is 16.8. The van der Waals surface area contributed by atoms with Gasteiger partial charge in [-0.05, 0) is 119 Å². The van der Waals surface area contributed by atoms with Crippen LogP contribution in [0.2, 0.25) is 0 Å². The number of hydrogen-bond acceptors (Lipinski definition) is 10. The number of carbonyl (C=O) groups is 2. The van der Waals surface area contributed by atoms with E-state index in [2.05, 4.69) is 74.9 Å². The Labute approximate surface area is 375 Å². The molecule has 2 aliphatic heterocycles. The van der Waals surface area contributed by atoms with Gasteiger partial charge in [-0.15, -0.1) is 0 Å². The molecule has 0 unspecified atom stereocenters. The minimum absolute atomic E-state index is 0. The average molecular weight is 821 g/mol. The summed E-state index contributed by atoms with van der Waals surface area (Å²) < 4.78 is 16.2. The number of hydrogen-bond donors (Lipinski definition) is 1. The first kappa shape index (κ1) is 46.3. The van der Waals surface area contributed by atoms with Crippen LogP contribution in [-0.4, -0.2) is 100 Å². The third-order valence-corrected chi connectivity index (χ3v) is 10.8. The number of nitrogens with zero attached hydrogens (tertiary/aromatic N) is 4. The van der Waals surface area contributed by atoms with E-state index in [9.17, 15) is 9.59 Å². The third kappa shape index (κ3) is 12.0. The molecule has 2 aromatic heterocycles. The number of pyridine rings is 2. The maximum atomic E-state index is 11.7. The van der Waals surface area contributed by atoms with Crippen molar-refractivity contribution in [1.29, 1.82) is 0 Å². The Hall–Kier alpha value is -4.72. The van der Waals surface area contributed by atoms with Gasteiger partial charge in [0, 0.05) is 83.8 Å².